The molecule has 168 valence electrons. The van der Waals surface area contributed by atoms with Gasteiger partial charge in [-0.1, -0.05) is 0 Å². The van der Waals surface area contributed by atoms with Crippen molar-refractivity contribution in [3.8, 4) is 0 Å². The van der Waals surface area contributed by atoms with Crippen molar-refractivity contribution in [3.63, 3.8) is 0 Å². The Morgan fingerprint density at radius 1 is 1.10 bits per heavy atom. The molecule has 11 heteroatoms. The molecular weight excluding hydrogens is 398 g/mol. The molecule has 11 nitrogen and oxygen atoms in total. The number of nitrogen functional groups attached to an aromatic ring is 1. The van der Waals surface area contributed by atoms with Crippen LogP contribution in [0, 0.1) is 10.8 Å². The molecule has 1 aliphatic heterocycles. The molecule has 2 rings (SSSR count). The summed E-state index contributed by atoms with van der Waals surface area (Å²) >= 11 is 0. The summed E-state index contributed by atoms with van der Waals surface area (Å²) in [5, 5.41) is 9.76. The number of esters is 2. The number of nitrogens with zero attached hydrogens (tertiary/aromatic N) is 1. The van der Waals surface area contributed by atoms with Crippen LogP contribution in [0.4, 0.5) is 5.82 Å². The lowest BCUT2D eigenvalue weighted by Crippen LogP contribution is -2.47. The molecule has 0 radical (unpaired) electrons. The molecule has 0 aliphatic carbocycles. The van der Waals surface area contributed by atoms with E-state index in [-0.39, 0.29) is 5.82 Å². The van der Waals surface area contributed by atoms with Crippen molar-refractivity contribution in [2.75, 3.05) is 12.3 Å². The van der Waals surface area contributed by atoms with Crippen LogP contribution in [0.2, 0.25) is 0 Å². The van der Waals surface area contributed by atoms with Gasteiger partial charge in [0.1, 0.15) is 11.9 Å². The quantitative estimate of drug-likeness (QED) is 0.558. The van der Waals surface area contributed by atoms with Gasteiger partial charge in [0, 0.05) is 6.07 Å². The largest absolute Gasteiger partial charge is 0.455 e. The second kappa shape index (κ2) is 8.23. The number of carbonyl (C=O) groups is 2. The second-order valence-electron chi connectivity index (χ2n) is 9.23. The minimum Gasteiger partial charge on any atom is -0.455 e. The number of aromatic amines is 1. The lowest BCUT2D eigenvalue weighted by atomic mass is 9.96. The number of nitrogens with two attached hydrogens (primary N) is 1. The number of H-pyrrole nitrogens is 1. The molecule has 30 heavy (non-hydrogen) atoms. The van der Waals surface area contributed by atoms with Gasteiger partial charge in [0.25, 0.3) is 5.56 Å². The van der Waals surface area contributed by atoms with Crippen molar-refractivity contribution >= 4 is 17.8 Å². The van der Waals surface area contributed by atoms with E-state index < -0.39 is 65.2 Å². The molecule has 1 aromatic rings. The highest BCUT2D eigenvalue weighted by Gasteiger charge is 2.52. The molecule has 1 saturated heterocycles. The van der Waals surface area contributed by atoms with Gasteiger partial charge < -0.3 is 25.1 Å². The van der Waals surface area contributed by atoms with Crippen molar-refractivity contribution in [1.82, 2.24) is 9.55 Å². The summed E-state index contributed by atoms with van der Waals surface area (Å²) in [6, 6.07) is 0.968. The molecule has 0 spiro atoms. The lowest BCUT2D eigenvalue weighted by Gasteiger charge is -2.29. The van der Waals surface area contributed by atoms with Crippen LogP contribution in [0.15, 0.2) is 15.7 Å². The van der Waals surface area contributed by atoms with Crippen LogP contribution in [0.25, 0.3) is 0 Å². The molecular formula is C19H29N3O8. The minimum absolute atomic E-state index is 0.156. The molecule has 4 N–H and O–H groups in total. The summed E-state index contributed by atoms with van der Waals surface area (Å²) in [5.74, 6) is -1.46. The third-order valence-corrected chi connectivity index (χ3v) is 4.42. The third kappa shape index (κ3) is 4.90. The molecule has 0 aromatic carbocycles. The van der Waals surface area contributed by atoms with Crippen LogP contribution < -0.4 is 17.0 Å². The van der Waals surface area contributed by atoms with E-state index in [2.05, 4.69) is 4.98 Å². The van der Waals surface area contributed by atoms with Crippen molar-refractivity contribution < 1.29 is 28.9 Å². The monoisotopic (exact) mass is 427 g/mol. The summed E-state index contributed by atoms with van der Waals surface area (Å²) in [6.07, 6.45) is -5.18. The maximum absolute atomic E-state index is 12.6. The van der Waals surface area contributed by atoms with Gasteiger partial charge >= 0.3 is 17.6 Å². The zero-order chi connectivity index (χ0) is 23.0. The molecule has 1 fully saturated rings. The summed E-state index contributed by atoms with van der Waals surface area (Å²) in [6.45, 7) is 9.11. The number of aliphatic hydroxyl groups excluding tert-OH is 1. The Bertz CT molecular complexity index is 890. The highest BCUT2D eigenvalue weighted by atomic mass is 16.6. The molecule has 1 aliphatic rings. The molecule has 0 unspecified atom stereocenters. The molecule has 1 aromatic heterocycles. The fourth-order valence-corrected chi connectivity index (χ4v) is 2.69. The smallest absolute Gasteiger partial charge is 0.332 e. The number of ether oxygens (including phenoxy) is 3. The molecule has 2 heterocycles. The molecule has 0 amide bonds. The highest BCUT2D eigenvalue weighted by Crippen LogP contribution is 2.35. The number of rotatable bonds is 4. The fraction of sp³-hybridized carbons (Fsp3) is 0.684. The topological polar surface area (TPSA) is 163 Å². The lowest BCUT2D eigenvalue weighted by molar-refractivity contribution is -0.178. The van der Waals surface area contributed by atoms with E-state index in [0.717, 1.165) is 6.07 Å². The van der Waals surface area contributed by atoms with Gasteiger partial charge in [0.05, 0.1) is 17.4 Å². The maximum Gasteiger partial charge on any atom is 0.332 e. The number of nitrogens with one attached hydrogen (secondary N) is 1. The number of hydrogen-bond acceptors (Lipinski definition) is 9. The van der Waals surface area contributed by atoms with Crippen LogP contribution in [-0.4, -0.2) is 51.5 Å². The van der Waals surface area contributed by atoms with Crippen molar-refractivity contribution in [1.29, 1.82) is 0 Å². The van der Waals surface area contributed by atoms with Gasteiger partial charge in [-0.2, -0.15) is 0 Å². The van der Waals surface area contributed by atoms with Crippen LogP contribution >= 0.6 is 0 Å². The van der Waals surface area contributed by atoms with Crippen molar-refractivity contribution in [2.24, 2.45) is 10.8 Å². The van der Waals surface area contributed by atoms with Gasteiger partial charge in [0.15, 0.2) is 18.4 Å². The summed E-state index contributed by atoms with van der Waals surface area (Å²) in [4.78, 5) is 52.1. The Balaban J connectivity index is 2.55. The predicted octanol–water partition coefficient (Wildman–Crippen LogP) is -0.0757. The Morgan fingerprint density at radius 2 is 1.60 bits per heavy atom. The average Bonchev–Trinajstić information content (AvgIpc) is 2.90. The van der Waals surface area contributed by atoms with E-state index in [4.69, 9.17) is 19.9 Å². The van der Waals surface area contributed by atoms with E-state index in [0.29, 0.717) is 4.57 Å². The number of anilines is 1. The van der Waals surface area contributed by atoms with Gasteiger partial charge in [-0.25, -0.2) is 9.36 Å². The highest BCUT2D eigenvalue weighted by molar-refractivity contribution is 5.76. The number of hydrogen-bond donors (Lipinski definition) is 3. The first-order valence-corrected chi connectivity index (χ1v) is 9.46. The summed E-state index contributed by atoms with van der Waals surface area (Å²) in [5.41, 5.74) is 1.95. The standard InChI is InChI=1S/C19H29N3O8/c1-18(2,3)15(25)29-12-9(8-23)28-14(13(12)30-16(26)19(4,5)6)22-11(24)7-10(20)21-17(22)27/h7,9,12-14,23H,8,20H2,1-6H3,(H,21,27)/t9-,12-,13-,14-/m1/s1. The first-order chi connectivity index (χ1) is 13.7. The van der Waals surface area contributed by atoms with Crippen LogP contribution in [0.1, 0.15) is 47.8 Å². The number of aromatic nitrogens is 2. The number of aliphatic hydroxyl groups is 1. The summed E-state index contributed by atoms with van der Waals surface area (Å²) in [7, 11) is 0. The predicted molar refractivity (Wildman–Crippen MR) is 105 cm³/mol. The van der Waals surface area contributed by atoms with E-state index in [1.165, 1.54) is 0 Å². The Morgan fingerprint density at radius 3 is 2.03 bits per heavy atom. The molecule has 0 saturated carbocycles. The first kappa shape index (κ1) is 23.6. The van der Waals surface area contributed by atoms with Crippen LogP contribution in [0.5, 0.6) is 0 Å². The van der Waals surface area contributed by atoms with Crippen LogP contribution in [0.3, 0.4) is 0 Å². The van der Waals surface area contributed by atoms with E-state index >= 15 is 0 Å². The zero-order valence-electron chi connectivity index (χ0n) is 17.9. The fourth-order valence-electron chi connectivity index (χ4n) is 2.69. The minimum atomic E-state index is -1.44. The van der Waals surface area contributed by atoms with E-state index in [1.54, 1.807) is 41.5 Å². The van der Waals surface area contributed by atoms with E-state index in [1.807, 2.05) is 0 Å². The van der Waals surface area contributed by atoms with Crippen molar-refractivity contribution in [2.45, 2.75) is 66.1 Å². The summed E-state index contributed by atoms with van der Waals surface area (Å²) < 4.78 is 17.4. The average molecular weight is 427 g/mol. The normalized spacial score (nSPS) is 24.5. The first-order valence-electron chi connectivity index (χ1n) is 9.46. The number of carbonyl (C=O) groups excluding carboxylic acids is 2. The maximum atomic E-state index is 12.6. The van der Waals surface area contributed by atoms with E-state index in [9.17, 15) is 24.3 Å². The molecule has 4 atom stereocenters. The zero-order valence-corrected chi connectivity index (χ0v) is 17.9. The van der Waals surface area contributed by atoms with Gasteiger partial charge in [-0.3, -0.25) is 19.4 Å². The molecule has 0 bridgehead atoms. The van der Waals surface area contributed by atoms with Crippen LogP contribution in [-0.2, 0) is 23.8 Å². The Labute approximate surface area is 173 Å². The second-order valence-corrected chi connectivity index (χ2v) is 9.23. The van der Waals surface area contributed by atoms with Gasteiger partial charge in [-0.05, 0) is 41.5 Å². The third-order valence-electron chi connectivity index (χ3n) is 4.42. The van der Waals surface area contributed by atoms with Gasteiger partial charge in [0.2, 0.25) is 0 Å². The SMILES string of the molecule is CC(C)(C)C(=O)O[C@@H]1[C@H](OC(=O)C(C)(C)C)[C@@H](CO)O[C@H]1n1c(=O)cc(N)[nH]c1=O. The van der Waals surface area contributed by atoms with Crippen molar-refractivity contribution in [3.05, 3.63) is 26.9 Å². The Hall–Kier alpha value is -2.66. The van der Waals surface area contributed by atoms with Gasteiger partial charge in [-0.15, -0.1) is 0 Å². The Kier molecular flexibility index (Phi) is 6.48.